The lowest BCUT2D eigenvalue weighted by Crippen LogP contribution is -2.01. The molecule has 1 heterocycles. The van der Waals surface area contributed by atoms with Gasteiger partial charge in [0.2, 0.25) is 0 Å². The third-order valence-electron chi connectivity index (χ3n) is 2.38. The Morgan fingerprint density at radius 2 is 2.33 bits per heavy atom. The van der Waals surface area contributed by atoms with E-state index in [0.29, 0.717) is 5.56 Å². The summed E-state index contributed by atoms with van der Waals surface area (Å²) in [5, 5.41) is 0. The van der Waals surface area contributed by atoms with Crippen molar-refractivity contribution in [1.29, 1.82) is 0 Å². The zero-order valence-corrected chi connectivity index (χ0v) is 8.73. The van der Waals surface area contributed by atoms with Crippen molar-refractivity contribution in [2.45, 2.75) is 13.5 Å². The highest BCUT2D eigenvalue weighted by Gasteiger charge is 2.08. The molecule has 0 aliphatic rings. The van der Waals surface area contributed by atoms with Gasteiger partial charge in [0.25, 0.3) is 0 Å². The number of rotatable bonds is 2. The molecule has 0 atom stereocenters. The van der Waals surface area contributed by atoms with Crippen molar-refractivity contribution in [2.24, 2.45) is 0 Å². The van der Waals surface area contributed by atoms with E-state index in [-0.39, 0.29) is 5.97 Å². The highest BCUT2D eigenvalue weighted by atomic mass is 16.5. The van der Waals surface area contributed by atoms with Gasteiger partial charge in [-0.3, -0.25) is 0 Å². The lowest BCUT2D eigenvalue weighted by Gasteiger charge is -2.01. The van der Waals surface area contributed by atoms with Crippen molar-refractivity contribution in [3.63, 3.8) is 0 Å². The quantitative estimate of drug-likeness (QED) is 0.701. The van der Waals surface area contributed by atoms with Crippen LogP contribution < -0.4 is 0 Å². The summed E-state index contributed by atoms with van der Waals surface area (Å²) in [6.45, 7) is 2.87. The molecule has 1 aromatic carbocycles. The monoisotopic (exact) mass is 204 g/mol. The van der Waals surface area contributed by atoms with Crippen molar-refractivity contribution in [3.05, 3.63) is 30.1 Å². The van der Waals surface area contributed by atoms with Gasteiger partial charge in [0.1, 0.15) is 0 Å². The van der Waals surface area contributed by atoms with Crippen LogP contribution in [0, 0.1) is 0 Å². The normalized spacial score (nSPS) is 10.5. The molecule has 0 N–H and O–H groups in total. The van der Waals surface area contributed by atoms with E-state index in [1.807, 2.05) is 17.6 Å². The maximum absolute atomic E-state index is 11.3. The first kappa shape index (κ1) is 9.71. The molecule has 0 aliphatic heterocycles. The Bertz CT molecular complexity index is 502. The van der Waals surface area contributed by atoms with E-state index in [1.54, 1.807) is 18.5 Å². The van der Waals surface area contributed by atoms with Gasteiger partial charge in [-0.1, -0.05) is 0 Å². The SMILES string of the molecule is CCn1cnc2ccc(C(=O)OC)cc21. The Balaban J connectivity index is 2.57. The van der Waals surface area contributed by atoms with Crippen LogP contribution in [0.4, 0.5) is 0 Å². The number of benzene rings is 1. The van der Waals surface area contributed by atoms with Gasteiger partial charge in [-0.25, -0.2) is 9.78 Å². The van der Waals surface area contributed by atoms with Gasteiger partial charge in [0.15, 0.2) is 0 Å². The van der Waals surface area contributed by atoms with Crippen LogP contribution in [-0.2, 0) is 11.3 Å². The Morgan fingerprint density at radius 1 is 1.53 bits per heavy atom. The molecule has 15 heavy (non-hydrogen) atoms. The minimum absolute atomic E-state index is 0.319. The number of hydrogen-bond acceptors (Lipinski definition) is 3. The maximum atomic E-state index is 11.3. The van der Waals surface area contributed by atoms with E-state index in [1.165, 1.54) is 7.11 Å². The molecule has 0 fully saturated rings. The smallest absolute Gasteiger partial charge is 0.337 e. The fraction of sp³-hybridized carbons (Fsp3) is 0.273. The van der Waals surface area contributed by atoms with Crippen molar-refractivity contribution in [2.75, 3.05) is 7.11 Å². The van der Waals surface area contributed by atoms with Crippen LogP contribution in [0.2, 0.25) is 0 Å². The molecule has 0 saturated carbocycles. The first-order valence-electron chi connectivity index (χ1n) is 4.79. The first-order valence-corrected chi connectivity index (χ1v) is 4.79. The summed E-state index contributed by atoms with van der Waals surface area (Å²) < 4.78 is 6.65. The van der Waals surface area contributed by atoms with Crippen molar-refractivity contribution < 1.29 is 9.53 Å². The number of methoxy groups -OCH3 is 1. The average Bonchev–Trinajstić information content (AvgIpc) is 2.69. The standard InChI is InChI=1S/C11H12N2O2/c1-3-13-7-12-9-5-4-8(6-10(9)13)11(14)15-2/h4-7H,3H2,1-2H3. The highest BCUT2D eigenvalue weighted by molar-refractivity contribution is 5.93. The Hall–Kier alpha value is -1.84. The number of fused-ring (bicyclic) bond motifs is 1. The largest absolute Gasteiger partial charge is 0.465 e. The van der Waals surface area contributed by atoms with Crippen molar-refractivity contribution in [1.82, 2.24) is 9.55 Å². The van der Waals surface area contributed by atoms with Crippen LogP contribution in [0.25, 0.3) is 11.0 Å². The molecule has 0 saturated heterocycles. The number of hydrogen-bond donors (Lipinski definition) is 0. The number of carbonyl (C=O) groups is 1. The first-order chi connectivity index (χ1) is 7.26. The van der Waals surface area contributed by atoms with E-state index < -0.39 is 0 Å². The minimum atomic E-state index is -0.319. The summed E-state index contributed by atoms with van der Waals surface area (Å²) in [4.78, 5) is 15.6. The van der Waals surface area contributed by atoms with Crippen LogP contribution in [-0.4, -0.2) is 22.6 Å². The van der Waals surface area contributed by atoms with Gasteiger partial charge < -0.3 is 9.30 Å². The molecule has 0 spiro atoms. The molecule has 2 aromatic rings. The molecule has 0 aliphatic carbocycles. The van der Waals surface area contributed by atoms with Crippen LogP contribution in [0.15, 0.2) is 24.5 Å². The van der Waals surface area contributed by atoms with Crippen LogP contribution in [0.3, 0.4) is 0 Å². The molecule has 2 rings (SSSR count). The van der Waals surface area contributed by atoms with Gasteiger partial charge >= 0.3 is 5.97 Å². The van der Waals surface area contributed by atoms with Crippen molar-refractivity contribution in [3.8, 4) is 0 Å². The summed E-state index contributed by atoms with van der Waals surface area (Å²) in [6.07, 6.45) is 1.77. The summed E-state index contributed by atoms with van der Waals surface area (Å²) in [5.41, 5.74) is 2.41. The molecule has 0 bridgehead atoms. The van der Waals surface area contributed by atoms with Crippen LogP contribution in [0.1, 0.15) is 17.3 Å². The van der Waals surface area contributed by atoms with E-state index >= 15 is 0 Å². The van der Waals surface area contributed by atoms with Gasteiger partial charge in [-0.2, -0.15) is 0 Å². The summed E-state index contributed by atoms with van der Waals surface area (Å²) >= 11 is 0. The second-order valence-corrected chi connectivity index (χ2v) is 3.23. The predicted octanol–water partition coefficient (Wildman–Crippen LogP) is 1.84. The molecule has 1 aromatic heterocycles. The Labute approximate surface area is 87.5 Å². The van der Waals surface area contributed by atoms with Crippen LogP contribution >= 0.6 is 0 Å². The van der Waals surface area contributed by atoms with E-state index in [4.69, 9.17) is 0 Å². The Kier molecular flexibility index (Phi) is 2.41. The fourth-order valence-electron chi connectivity index (χ4n) is 1.55. The maximum Gasteiger partial charge on any atom is 0.337 e. The van der Waals surface area contributed by atoms with Gasteiger partial charge in [-0.05, 0) is 25.1 Å². The predicted molar refractivity (Wildman–Crippen MR) is 56.7 cm³/mol. The van der Waals surface area contributed by atoms with Crippen LogP contribution in [0.5, 0.6) is 0 Å². The third kappa shape index (κ3) is 1.58. The third-order valence-corrected chi connectivity index (χ3v) is 2.38. The van der Waals surface area contributed by atoms with E-state index in [2.05, 4.69) is 9.72 Å². The topological polar surface area (TPSA) is 44.1 Å². The highest BCUT2D eigenvalue weighted by Crippen LogP contribution is 2.15. The molecule has 0 amide bonds. The second kappa shape index (κ2) is 3.73. The summed E-state index contributed by atoms with van der Waals surface area (Å²) in [5.74, 6) is -0.319. The number of nitrogens with zero attached hydrogens (tertiary/aromatic N) is 2. The molecule has 0 unspecified atom stereocenters. The van der Waals surface area contributed by atoms with Crippen molar-refractivity contribution >= 4 is 17.0 Å². The van der Waals surface area contributed by atoms with E-state index in [9.17, 15) is 4.79 Å². The number of ether oxygens (including phenoxy) is 1. The lowest BCUT2D eigenvalue weighted by atomic mass is 10.2. The number of imidazole rings is 1. The van der Waals surface area contributed by atoms with Gasteiger partial charge in [0.05, 0.1) is 30.0 Å². The second-order valence-electron chi connectivity index (χ2n) is 3.23. The molecular formula is C11H12N2O2. The number of esters is 1. The zero-order valence-electron chi connectivity index (χ0n) is 8.73. The number of aryl methyl sites for hydroxylation is 1. The fourth-order valence-corrected chi connectivity index (χ4v) is 1.55. The molecule has 4 heteroatoms. The average molecular weight is 204 g/mol. The van der Waals surface area contributed by atoms with Gasteiger partial charge in [0, 0.05) is 6.54 Å². The number of carbonyl (C=O) groups excluding carboxylic acids is 1. The summed E-state index contributed by atoms with van der Waals surface area (Å²) in [6, 6.07) is 5.35. The van der Waals surface area contributed by atoms with Gasteiger partial charge in [-0.15, -0.1) is 0 Å². The molecule has 0 radical (unpaired) electrons. The molecule has 78 valence electrons. The van der Waals surface area contributed by atoms with E-state index in [0.717, 1.165) is 17.6 Å². The lowest BCUT2D eigenvalue weighted by molar-refractivity contribution is 0.0601. The summed E-state index contributed by atoms with van der Waals surface area (Å²) in [7, 11) is 1.38. The molecular weight excluding hydrogens is 192 g/mol. The minimum Gasteiger partial charge on any atom is -0.465 e. The number of aromatic nitrogens is 2. The molecule has 4 nitrogen and oxygen atoms in total. The zero-order chi connectivity index (χ0) is 10.8. The Morgan fingerprint density at radius 3 is 3.00 bits per heavy atom.